The summed E-state index contributed by atoms with van der Waals surface area (Å²) in [6.07, 6.45) is 2.35. The minimum absolute atomic E-state index is 0.0421. The number of nitrogens with two attached hydrogens (primary N) is 1. The van der Waals surface area contributed by atoms with E-state index in [0.717, 1.165) is 0 Å². The van der Waals surface area contributed by atoms with Gasteiger partial charge < -0.3 is 10.5 Å². The van der Waals surface area contributed by atoms with Crippen molar-refractivity contribution in [2.75, 3.05) is 17.2 Å². The van der Waals surface area contributed by atoms with Crippen LogP contribution < -0.4 is 10.6 Å². The number of hydrogen-bond donors (Lipinski definition) is 1. The van der Waals surface area contributed by atoms with Crippen LogP contribution in [0.5, 0.6) is 0 Å². The Labute approximate surface area is 113 Å². The third kappa shape index (κ3) is 2.27. The van der Waals surface area contributed by atoms with Crippen molar-refractivity contribution in [1.82, 2.24) is 15.0 Å². The lowest BCUT2D eigenvalue weighted by Crippen LogP contribution is -2.26. The lowest BCUT2D eigenvalue weighted by atomic mass is 10.2. The number of ether oxygens (including phenoxy) is 1. The molecule has 1 aromatic carbocycles. The summed E-state index contributed by atoms with van der Waals surface area (Å²) in [5, 5.41) is 7.49. The molecule has 1 atom stereocenters. The number of anilines is 2. The van der Waals surface area contributed by atoms with E-state index in [9.17, 15) is 9.18 Å². The molecule has 7 nitrogen and oxygen atoms in total. The van der Waals surface area contributed by atoms with Gasteiger partial charge in [-0.3, -0.25) is 4.90 Å². The molecule has 0 unspecified atom stereocenters. The van der Waals surface area contributed by atoms with Gasteiger partial charge >= 0.3 is 6.09 Å². The molecule has 8 heteroatoms. The van der Waals surface area contributed by atoms with Crippen molar-refractivity contribution in [3.63, 3.8) is 0 Å². The van der Waals surface area contributed by atoms with Gasteiger partial charge in [-0.25, -0.2) is 13.9 Å². The molecule has 0 spiro atoms. The average Bonchev–Trinajstić information content (AvgIpc) is 3.03. The second-order valence-electron chi connectivity index (χ2n) is 4.45. The fraction of sp³-hybridized carbons (Fsp3) is 0.250. The number of nitrogens with zero attached hydrogens (tertiary/aromatic N) is 4. The molecular weight excluding hydrogens is 265 g/mol. The van der Waals surface area contributed by atoms with Gasteiger partial charge in [-0.15, -0.1) is 5.10 Å². The third-order valence-electron chi connectivity index (χ3n) is 3.03. The fourth-order valence-corrected chi connectivity index (χ4v) is 2.05. The number of hydrogen-bond acceptors (Lipinski definition) is 5. The largest absolute Gasteiger partial charge is 0.442 e. The molecule has 1 saturated heterocycles. The van der Waals surface area contributed by atoms with E-state index < -0.39 is 11.9 Å². The number of benzene rings is 1. The molecule has 1 fully saturated rings. The van der Waals surface area contributed by atoms with Crippen LogP contribution in [0.3, 0.4) is 0 Å². The summed E-state index contributed by atoms with van der Waals surface area (Å²) >= 11 is 0. The lowest BCUT2D eigenvalue weighted by molar-refractivity contribution is 0.129. The molecule has 0 bridgehead atoms. The lowest BCUT2D eigenvalue weighted by Gasteiger charge is -2.13. The van der Waals surface area contributed by atoms with Crippen molar-refractivity contribution < 1.29 is 13.9 Å². The van der Waals surface area contributed by atoms with E-state index in [1.165, 1.54) is 17.0 Å². The molecule has 1 aliphatic rings. The van der Waals surface area contributed by atoms with Crippen molar-refractivity contribution in [1.29, 1.82) is 0 Å². The minimum Gasteiger partial charge on any atom is -0.442 e. The number of cyclic esters (lactones) is 1. The molecule has 2 N–H and O–H groups in total. The molecule has 3 rings (SSSR count). The van der Waals surface area contributed by atoms with E-state index in [-0.39, 0.29) is 11.8 Å². The van der Waals surface area contributed by atoms with E-state index in [1.807, 2.05) is 0 Å². The first-order valence-electron chi connectivity index (χ1n) is 6.01. The molecule has 0 radical (unpaired) electrons. The summed E-state index contributed by atoms with van der Waals surface area (Å²) in [5.41, 5.74) is 5.87. The van der Waals surface area contributed by atoms with E-state index in [4.69, 9.17) is 10.5 Å². The number of aromatic nitrogens is 3. The Morgan fingerprint density at radius 3 is 3.05 bits per heavy atom. The first-order valence-corrected chi connectivity index (χ1v) is 6.01. The van der Waals surface area contributed by atoms with Gasteiger partial charge in [-0.05, 0) is 18.2 Å². The zero-order valence-corrected chi connectivity index (χ0v) is 10.4. The quantitative estimate of drug-likeness (QED) is 0.847. The number of amides is 1. The Kier molecular flexibility index (Phi) is 2.97. The second-order valence-corrected chi connectivity index (χ2v) is 4.45. The highest BCUT2D eigenvalue weighted by Crippen LogP contribution is 2.25. The second kappa shape index (κ2) is 4.80. The van der Waals surface area contributed by atoms with Gasteiger partial charge in [0, 0.05) is 6.20 Å². The summed E-state index contributed by atoms with van der Waals surface area (Å²) in [5.74, 6) is -0.560. The molecule has 1 aliphatic heterocycles. The highest BCUT2D eigenvalue weighted by Gasteiger charge is 2.33. The van der Waals surface area contributed by atoms with Gasteiger partial charge in [0.15, 0.2) is 0 Å². The van der Waals surface area contributed by atoms with E-state index in [1.54, 1.807) is 23.1 Å². The van der Waals surface area contributed by atoms with Crippen LogP contribution in [0.2, 0.25) is 0 Å². The van der Waals surface area contributed by atoms with Crippen LogP contribution >= 0.6 is 0 Å². The Hall–Kier alpha value is -2.64. The number of carbonyl (C=O) groups excluding carboxylic acids is 1. The Morgan fingerprint density at radius 2 is 2.35 bits per heavy atom. The van der Waals surface area contributed by atoms with E-state index >= 15 is 0 Å². The van der Waals surface area contributed by atoms with Gasteiger partial charge in [0.25, 0.3) is 0 Å². The first-order chi connectivity index (χ1) is 9.63. The van der Waals surface area contributed by atoms with Gasteiger partial charge in [-0.1, -0.05) is 5.21 Å². The molecule has 1 amide bonds. The normalized spacial score (nSPS) is 18.4. The third-order valence-corrected chi connectivity index (χ3v) is 3.03. The fourth-order valence-electron chi connectivity index (χ4n) is 2.05. The van der Waals surface area contributed by atoms with Gasteiger partial charge in [0.05, 0.1) is 30.7 Å². The molecule has 2 heterocycles. The summed E-state index contributed by atoms with van der Waals surface area (Å²) in [4.78, 5) is 13.2. The number of halogens is 1. The standard InChI is InChI=1S/C12H12FN5O2/c13-10-5-8(1-2-11(10)14)18-7-9(20-12(18)19)6-17-4-3-15-16-17/h1-5,9H,6-7,14H2/t9-/m0/s1. The summed E-state index contributed by atoms with van der Waals surface area (Å²) in [6.45, 7) is 0.724. The number of rotatable bonds is 3. The average molecular weight is 277 g/mol. The Balaban J connectivity index is 1.75. The van der Waals surface area contributed by atoms with Crippen molar-refractivity contribution in [2.24, 2.45) is 0 Å². The molecular formula is C12H12FN5O2. The molecule has 0 saturated carbocycles. The van der Waals surface area contributed by atoms with Crippen LogP contribution in [-0.2, 0) is 11.3 Å². The Morgan fingerprint density at radius 1 is 1.50 bits per heavy atom. The predicted molar refractivity (Wildman–Crippen MR) is 68.4 cm³/mol. The zero-order chi connectivity index (χ0) is 14.1. The predicted octanol–water partition coefficient (Wildman–Crippen LogP) is 1.02. The highest BCUT2D eigenvalue weighted by atomic mass is 19.1. The zero-order valence-electron chi connectivity index (χ0n) is 10.4. The molecule has 20 heavy (non-hydrogen) atoms. The van der Waals surface area contributed by atoms with Gasteiger partial charge in [-0.2, -0.15) is 0 Å². The van der Waals surface area contributed by atoms with Crippen LogP contribution in [0, 0.1) is 5.82 Å². The molecule has 0 aliphatic carbocycles. The van der Waals surface area contributed by atoms with Crippen LogP contribution in [0.25, 0.3) is 0 Å². The van der Waals surface area contributed by atoms with Crippen molar-refractivity contribution >= 4 is 17.5 Å². The highest BCUT2D eigenvalue weighted by molar-refractivity contribution is 5.89. The van der Waals surface area contributed by atoms with Crippen LogP contribution in [0.4, 0.5) is 20.6 Å². The molecule has 104 valence electrons. The SMILES string of the molecule is Nc1ccc(N2C[C@H](Cn3ccnn3)OC2=O)cc1F. The monoisotopic (exact) mass is 277 g/mol. The molecule has 1 aromatic heterocycles. The van der Waals surface area contributed by atoms with Crippen molar-refractivity contribution in [3.05, 3.63) is 36.4 Å². The van der Waals surface area contributed by atoms with E-state index in [2.05, 4.69) is 10.3 Å². The molecule has 2 aromatic rings. The Bertz CT molecular complexity index is 631. The maximum atomic E-state index is 13.4. The smallest absolute Gasteiger partial charge is 0.414 e. The minimum atomic E-state index is -0.560. The number of carbonyl (C=O) groups is 1. The summed E-state index contributed by atoms with van der Waals surface area (Å²) in [6, 6.07) is 4.22. The maximum Gasteiger partial charge on any atom is 0.414 e. The van der Waals surface area contributed by atoms with Crippen LogP contribution in [0.15, 0.2) is 30.6 Å². The topological polar surface area (TPSA) is 86.3 Å². The van der Waals surface area contributed by atoms with Gasteiger partial charge in [0.2, 0.25) is 0 Å². The van der Waals surface area contributed by atoms with Crippen LogP contribution in [-0.4, -0.2) is 33.7 Å². The van der Waals surface area contributed by atoms with Crippen molar-refractivity contribution in [3.8, 4) is 0 Å². The first kappa shape index (κ1) is 12.4. The van der Waals surface area contributed by atoms with Gasteiger partial charge in [0.1, 0.15) is 11.9 Å². The summed E-state index contributed by atoms with van der Waals surface area (Å²) < 4.78 is 20.2. The van der Waals surface area contributed by atoms with Crippen LogP contribution in [0.1, 0.15) is 0 Å². The van der Waals surface area contributed by atoms with Crippen molar-refractivity contribution in [2.45, 2.75) is 12.6 Å². The number of nitrogen functional groups attached to an aromatic ring is 1. The summed E-state index contributed by atoms with van der Waals surface area (Å²) in [7, 11) is 0. The maximum absolute atomic E-state index is 13.4. The van der Waals surface area contributed by atoms with E-state index in [0.29, 0.717) is 18.8 Å².